The molecule has 1 aromatic carbocycles. The van der Waals surface area contributed by atoms with Gasteiger partial charge in [0.05, 0.1) is 20.1 Å². The second-order valence-electron chi connectivity index (χ2n) is 8.41. The molecule has 144 valence electrons. The fraction of sp³-hybridized carbons (Fsp3) is 0.591. The number of allylic oxidation sites excluding steroid dienone is 1. The smallest absolute Gasteiger partial charge is 0.310 e. The van der Waals surface area contributed by atoms with Crippen LogP contribution in [0, 0.1) is 11.8 Å². The van der Waals surface area contributed by atoms with Gasteiger partial charge >= 0.3 is 5.97 Å². The van der Waals surface area contributed by atoms with Crippen molar-refractivity contribution in [3.8, 4) is 5.75 Å². The van der Waals surface area contributed by atoms with Crippen molar-refractivity contribution < 1.29 is 14.3 Å². The van der Waals surface area contributed by atoms with Crippen molar-refractivity contribution in [2.75, 3.05) is 39.3 Å². The highest BCUT2D eigenvalue weighted by molar-refractivity contribution is 5.82. The molecular formula is C22H28N2O3. The van der Waals surface area contributed by atoms with Gasteiger partial charge in [-0.3, -0.25) is 9.69 Å². The number of likely N-dealkylation sites (N-methyl/N-ethyl adjacent to an activating group) is 1. The van der Waals surface area contributed by atoms with E-state index in [4.69, 9.17) is 9.47 Å². The van der Waals surface area contributed by atoms with Gasteiger partial charge in [0, 0.05) is 31.2 Å². The SMILES string of the molecule is CC=C1CN2CCC34c5cc(OC)ccc5N(C)C23CCC1C4C(=O)OC. The monoisotopic (exact) mass is 368 g/mol. The van der Waals surface area contributed by atoms with Crippen LogP contribution in [0.1, 0.15) is 31.7 Å². The zero-order valence-corrected chi connectivity index (χ0v) is 16.6. The number of methoxy groups -OCH3 is 2. The molecule has 5 heteroatoms. The summed E-state index contributed by atoms with van der Waals surface area (Å²) < 4.78 is 11.0. The molecule has 6 rings (SSSR count). The highest BCUT2D eigenvalue weighted by Gasteiger charge is 2.75. The lowest BCUT2D eigenvalue weighted by Gasteiger charge is -2.54. The van der Waals surface area contributed by atoms with Crippen molar-refractivity contribution in [1.82, 2.24) is 4.90 Å². The second kappa shape index (κ2) is 5.51. The number of carbonyl (C=O) groups excluding carboxylic acids is 1. The van der Waals surface area contributed by atoms with Gasteiger partial charge in [-0.1, -0.05) is 11.6 Å². The van der Waals surface area contributed by atoms with Crippen molar-refractivity contribution in [1.29, 1.82) is 0 Å². The van der Waals surface area contributed by atoms with Crippen molar-refractivity contribution in [2.45, 2.75) is 37.3 Å². The van der Waals surface area contributed by atoms with Gasteiger partial charge in [-0.15, -0.1) is 0 Å². The van der Waals surface area contributed by atoms with Gasteiger partial charge in [0.15, 0.2) is 0 Å². The van der Waals surface area contributed by atoms with Gasteiger partial charge in [-0.2, -0.15) is 0 Å². The Morgan fingerprint density at radius 2 is 2.11 bits per heavy atom. The Balaban J connectivity index is 1.84. The zero-order valence-electron chi connectivity index (χ0n) is 16.6. The minimum atomic E-state index is -0.244. The average Bonchev–Trinajstić information content (AvgIpc) is 3.03. The molecule has 0 aromatic heterocycles. The third-order valence-electron chi connectivity index (χ3n) is 8.03. The number of fused-ring (bicyclic) bond motifs is 3. The van der Waals surface area contributed by atoms with Crippen molar-refractivity contribution in [3.05, 3.63) is 35.4 Å². The van der Waals surface area contributed by atoms with Gasteiger partial charge in [0.1, 0.15) is 11.4 Å². The van der Waals surface area contributed by atoms with Crippen LogP contribution in [-0.2, 0) is 14.9 Å². The predicted molar refractivity (Wildman–Crippen MR) is 104 cm³/mol. The zero-order chi connectivity index (χ0) is 19.0. The largest absolute Gasteiger partial charge is 0.497 e. The quantitative estimate of drug-likeness (QED) is 0.593. The lowest BCUT2D eigenvalue weighted by atomic mass is 9.54. The minimum absolute atomic E-state index is 0.0590. The van der Waals surface area contributed by atoms with Gasteiger partial charge in [0.25, 0.3) is 0 Å². The van der Waals surface area contributed by atoms with E-state index >= 15 is 0 Å². The Labute approximate surface area is 160 Å². The number of esters is 1. The summed E-state index contributed by atoms with van der Waals surface area (Å²) in [5.41, 5.74) is 3.51. The molecule has 5 unspecified atom stereocenters. The van der Waals surface area contributed by atoms with E-state index in [0.717, 1.165) is 38.1 Å². The molecule has 1 spiro atoms. The van der Waals surface area contributed by atoms with Crippen LogP contribution in [0.25, 0.3) is 0 Å². The average molecular weight is 368 g/mol. The Kier molecular flexibility index (Phi) is 3.49. The summed E-state index contributed by atoms with van der Waals surface area (Å²) in [6, 6.07) is 6.38. The van der Waals surface area contributed by atoms with E-state index < -0.39 is 0 Å². The molecule has 4 aliphatic heterocycles. The van der Waals surface area contributed by atoms with E-state index in [0.29, 0.717) is 0 Å². The van der Waals surface area contributed by atoms with Gasteiger partial charge in [-0.05, 0) is 55.9 Å². The van der Waals surface area contributed by atoms with Gasteiger partial charge in [-0.25, -0.2) is 0 Å². The molecule has 0 amide bonds. The number of anilines is 1. The molecule has 4 heterocycles. The molecule has 5 atom stereocenters. The van der Waals surface area contributed by atoms with Crippen LogP contribution in [-0.4, -0.2) is 50.9 Å². The maximum atomic E-state index is 13.2. The van der Waals surface area contributed by atoms with Gasteiger partial charge in [0.2, 0.25) is 0 Å². The first-order valence-corrected chi connectivity index (χ1v) is 9.95. The Hall–Kier alpha value is -2.01. The van der Waals surface area contributed by atoms with E-state index in [-0.39, 0.29) is 28.9 Å². The van der Waals surface area contributed by atoms with E-state index in [1.54, 1.807) is 7.11 Å². The number of carbonyl (C=O) groups is 1. The summed E-state index contributed by atoms with van der Waals surface area (Å²) in [7, 11) is 5.46. The van der Waals surface area contributed by atoms with Crippen LogP contribution in [0.15, 0.2) is 29.8 Å². The van der Waals surface area contributed by atoms with E-state index in [2.05, 4.69) is 42.0 Å². The number of hydrogen-bond donors (Lipinski definition) is 0. The summed E-state index contributed by atoms with van der Waals surface area (Å²) in [6.45, 7) is 4.08. The topological polar surface area (TPSA) is 42.0 Å². The van der Waals surface area contributed by atoms with Crippen LogP contribution in [0.4, 0.5) is 5.69 Å². The third-order valence-corrected chi connectivity index (χ3v) is 8.03. The third kappa shape index (κ3) is 1.73. The highest BCUT2D eigenvalue weighted by Crippen LogP contribution is 2.69. The fourth-order valence-corrected chi connectivity index (χ4v) is 7.06. The molecule has 5 nitrogen and oxygen atoms in total. The highest BCUT2D eigenvalue weighted by atomic mass is 16.5. The first-order chi connectivity index (χ1) is 13.0. The van der Waals surface area contributed by atoms with E-state index in [1.165, 1.54) is 23.9 Å². The molecule has 0 radical (unpaired) electrons. The molecule has 1 aromatic rings. The second-order valence-corrected chi connectivity index (χ2v) is 8.41. The summed E-state index contributed by atoms with van der Waals surface area (Å²) in [5.74, 6) is 0.912. The fourth-order valence-electron chi connectivity index (χ4n) is 7.06. The normalized spacial score (nSPS) is 39.9. The summed E-state index contributed by atoms with van der Waals surface area (Å²) in [5, 5.41) is 0. The van der Waals surface area contributed by atoms with E-state index in [9.17, 15) is 4.79 Å². The number of benzene rings is 1. The van der Waals surface area contributed by atoms with Crippen LogP contribution in [0.5, 0.6) is 5.75 Å². The Morgan fingerprint density at radius 3 is 2.81 bits per heavy atom. The Bertz CT molecular complexity index is 850. The van der Waals surface area contributed by atoms with Crippen LogP contribution >= 0.6 is 0 Å². The number of nitrogens with zero attached hydrogens (tertiary/aromatic N) is 2. The van der Waals surface area contributed by atoms with Crippen molar-refractivity contribution >= 4 is 11.7 Å². The lowest BCUT2D eigenvalue weighted by molar-refractivity contribution is -0.154. The lowest BCUT2D eigenvalue weighted by Crippen LogP contribution is -2.66. The summed E-state index contributed by atoms with van der Waals surface area (Å²) in [6.07, 6.45) is 5.34. The summed E-state index contributed by atoms with van der Waals surface area (Å²) >= 11 is 0. The molecule has 5 aliphatic rings. The van der Waals surface area contributed by atoms with Crippen LogP contribution in [0.3, 0.4) is 0 Å². The maximum Gasteiger partial charge on any atom is 0.310 e. The molecule has 4 fully saturated rings. The first-order valence-electron chi connectivity index (χ1n) is 9.95. The van der Waals surface area contributed by atoms with Crippen molar-refractivity contribution in [3.63, 3.8) is 0 Å². The van der Waals surface area contributed by atoms with Crippen LogP contribution < -0.4 is 9.64 Å². The standard InChI is InChI=1S/C22H28N2O3/c1-5-14-13-24-11-10-21-17-12-15(26-3)6-7-18(17)23(2)22(21,24)9-8-16(14)19(21)20(25)27-4/h5-7,12,16,19H,8-11,13H2,1-4H3. The Morgan fingerprint density at radius 1 is 1.30 bits per heavy atom. The van der Waals surface area contributed by atoms with Gasteiger partial charge < -0.3 is 14.4 Å². The molecule has 1 saturated carbocycles. The maximum absolute atomic E-state index is 13.2. The summed E-state index contributed by atoms with van der Waals surface area (Å²) in [4.78, 5) is 18.3. The number of rotatable bonds is 2. The number of ether oxygens (including phenoxy) is 2. The molecule has 27 heavy (non-hydrogen) atoms. The molecule has 4 bridgehead atoms. The molecule has 3 saturated heterocycles. The first kappa shape index (κ1) is 17.1. The minimum Gasteiger partial charge on any atom is -0.497 e. The molecule has 1 aliphatic carbocycles. The van der Waals surface area contributed by atoms with Crippen molar-refractivity contribution in [2.24, 2.45) is 11.8 Å². The molecular weight excluding hydrogens is 340 g/mol. The van der Waals surface area contributed by atoms with Crippen LogP contribution in [0.2, 0.25) is 0 Å². The predicted octanol–water partition coefficient (Wildman–Crippen LogP) is 2.94. The molecule has 0 N–H and O–H groups in total. The van der Waals surface area contributed by atoms with E-state index in [1.807, 2.05) is 6.07 Å². The number of hydrogen-bond acceptors (Lipinski definition) is 5.